The standard InChI is InChI=1S/C9H17BF3/c1-2-3-4-5-6-7-8-9-10(11,12)13/h8-9H,2-7H2,1H3/q-1/b9-8+. The second-order valence-electron chi connectivity index (χ2n) is 3.26. The van der Waals surface area contributed by atoms with Gasteiger partial charge in [0.2, 0.25) is 0 Å². The van der Waals surface area contributed by atoms with E-state index in [1.807, 2.05) is 0 Å². The summed E-state index contributed by atoms with van der Waals surface area (Å²) in [6, 6.07) is 0. The molecule has 0 amide bonds. The lowest BCUT2D eigenvalue weighted by Gasteiger charge is -2.05. The zero-order valence-corrected chi connectivity index (χ0v) is 8.11. The number of halogens is 3. The van der Waals surface area contributed by atoms with Crippen molar-refractivity contribution in [3.8, 4) is 0 Å². The van der Waals surface area contributed by atoms with Gasteiger partial charge in [-0.15, -0.1) is 12.1 Å². The van der Waals surface area contributed by atoms with Crippen molar-refractivity contribution in [1.29, 1.82) is 0 Å². The summed E-state index contributed by atoms with van der Waals surface area (Å²) in [6.07, 6.45) is 7.22. The normalized spacial score (nSPS) is 12.6. The Morgan fingerprint density at radius 2 is 1.62 bits per heavy atom. The van der Waals surface area contributed by atoms with Gasteiger partial charge in [0, 0.05) is 0 Å². The average molecular weight is 193 g/mol. The Morgan fingerprint density at radius 3 is 2.15 bits per heavy atom. The van der Waals surface area contributed by atoms with E-state index >= 15 is 0 Å². The fraction of sp³-hybridized carbons (Fsp3) is 0.778. The molecule has 0 aromatic rings. The molecule has 0 aliphatic carbocycles. The number of rotatable bonds is 7. The van der Waals surface area contributed by atoms with Crippen LogP contribution in [0.15, 0.2) is 12.1 Å². The SMILES string of the molecule is CCCCCCC/C=C/[B-](F)(F)F. The van der Waals surface area contributed by atoms with Crippen LogP contribution in [0, 0.1) is 0 Å². The summed E-state index contributed by atoms with van der Waals surface area (Å²) in [6.45, 7) is -2.59. The molecule has 0 aromatic carbocycles. The highest BCUT2D eigenvalue weighted by Crippen LogP contribution is 2.11. The predicted octanol–water partition coefficient (Wildman–Crippen LogP) is 4.29. The van der Waals surface area contributed by atoms with Gasteiger partial charge in [0.05, 0.1) is 0 Å². The lowest BCUT2D eigenvalue weighted by atomic mass is 9.91. The van der Waals surface area contributed by atoms with Crippen molar-refractivity contribution in [3.05, 3.63) is 12.1 Å². The summed E-state index contributed by atoms with van der Waals surface area (Å²) in [4.78, 5) is 0. The molecule has 0 atom stereocenters. The van der Waals surface area contributed by atoms with E-state index in [1.54, 1.807) is 0 Å². The zero-order chi connectivity index (χ0) is 10.2. The molecule has 0 saturated carbocycles. The van der Waals surface area contributed by atoms with Crippen molar-refractivity contribution in [2.75, 3.05) is 0 Å². The van der Waals surface area contributed by atoms with Crippen LogP contribution < -0.4 is 0 Å². The van der Waals surface area contributed by atoms with Crippen LogP contribution in [-0.2, 0) is 0 Å². The molecule has 0 spiro atoms. The maximum Gasteiger partial charge on any atom is 0.502 e. The third-order valence-electron chi connectivity index (χ3n) is 1.83. The van der Waals surface area contributed by atoms with E-state index in [4.69, 9.17) is 0 Å². The Balaban J connectivity index is 3.21. The van der Waals surface area contributed by atoms with Gasteiger partial charge in [-0.1, -0.05) is 32.6 Å². The van der Waals surface area contributed by atoms with Crippen molar-refractivity contribution in [2.24, 2.45) is 0 Å². The van der Waals surface area contributed by atoms with Gasteiger partial charge in [-0.05, 0) is 12.8 Å². The smallest absolute Gasteiger partial charge is 0.445 e. The average Bonchev–Trinajstić information content (AvgIpc) is 2.01. The van der Waals surface area contributed by atoms with Crippen LogP contribution in [0.25, 0.3) is 0 Å². The van der Waals surface area contributed by atoms with Gasteiger partial charge in [0.1, 0.15) is 0 Å². The Hall–Kier alpha value is -0.405. The van der Waals surface area contributed by atoms with Gasteiger partial charge in [-0.2, -0.15) is 0 Å². The third-order valence-corrected chi connectivity index (χ3v) is 1.83. The first-order chi connectivity index (χ1) is 6.06. The summed E-state index contributed by atoms with van der Waals surface area (Å²) in [7, 11) is 0. The maximum absolute atomic E-state index is 11.7. The number of unbranched alkanes of at least 4 members (excludes halogenated alkanes) is 5. The molecule has 0 nitrogen and oxygen atoms in total. The molecule has 0 fully saturated rings. The Bertz CT molecular complexity index is 140. The first-order valence-corrected chi connectivity index (χ1v) is 4.94. The van der Waals surface area contributed by atoms with Gasteiger partial charge in [0.15, 0.2) is 0 Å². The molecule has 0 heterocycles. The van der Waals surface area contributed by atoms with Crippen LogP contribution in [0.1, 0.15) is 45.4 Å². The van der Waals surface area contributed by atoms with E-state index in [9.17, 15) is 12.9 Å². The molecule has 0 aromatic heterocycles. The fourth-order valence-electron chi connectivity index (χ4n) is 1.12. The van der Waals surface area contributed by atoms with Gasteiger partial charge in [-0.25, -0.2) is 0 Å². The molecule has 0 aliphatic rings. The first-order valence-electron chi connectivity index (χ1n) is 4.94. The first kappa shape index (κ1) is 12.6. The molecule has 4 heteroatoms. The molecule has 0 unspecified atom stereocenters. The van der Waals surface area contributed by atoms with E-state index in [1.165, 1.54) is 18.9 Å². The Morgan fingerprint density at radius 1 is 1.00 bits per heavy atom. The van der Waals surface area contributed by atoms with Crippen molar-refractivity contribution >= 4 is 6.98 Å². The highest BCUT2D eigenvalue weighted by atomic mass is 19.4. The van der Waals surface area contributed by atoms with Gasteiger partial charge < -0.3 is 12.9 Å². The largest absolute Gasteiger partial charge is 0.502 e. The van der Waals surface area contributed by atoms with Crippen LogP contribution in [0.5, 0.6) is 0 Å². The van der Waals surface area contributed by atoms with E-state index in [0.29, 0.717) is 12.4 Å². The van der Waals surface area contributed by atoms with Crippen LogP contribution >= 0.6 is 0 Å². The minimum absolute atomic E-state index is 0.389. The van der Waals surface area contributed by atoms with Crippen molar-refractivity contribution in [2.45, 2.75) is 45.4 Å². The monoisotopic (exact) mass is 193 g/mol. The fourth-order valence-corrected chi connectivity index (χ4v) is 1.12. The number of allylic oxidation sites excluding steroid dienone is 1. The second kappa shape index (κ2) is 7.04. The quantitative estimate of drug-likeness (QED) is 0.417. The van der Waals surface area contributed by atoms with E-state index < -0.39 is 6.98 Å². The van der Waals surface area contributed by atoms with Crippen LogP contribution in [0.3, 0.4) is 0 Å². The summed E-state index contributed by atoms with van der Waals surface area (Å²) >= 11 is 0. The number of hydrogen-bond acceptors (Lipinski definition) is 0. The van der Waals surface area contributed by atoms with Crippen molar-refractivity contribution in [1.82, 2.24) is 0 Å². The summed E-state index contributed by atoms with van der Waals surface area (Å²) in [5, 5.41) is 0. The van der Waals surface area contributed by atoms with Crippen LogP contribution in [0.4, 0.5) is 12.9 Å². The lowest BCUT2D eigenvalue weighted by molar-refractivity contribution is 0.498. The van der Waals surface area contributed by atoms with E-state index in [2.05, 4.69) is 6.92 Å². The minimum Gasteiger partial charge on any atom is -0.445 e. The molecule has 0 aliphatic heterocycles. The maximum atomic E-state index is 11.7. The molecule has 0 bridgehead atoms. The molecule has 78 valence electrons. The molecule has 0 rings (SSSR count). The lowest BCUT2D eigenvalue weighted by Crippen LogP contribution is -2.09. The van der Waals surface area contributed by atoms with Gasteiger partial charge in [0.25, 0.3) is 0 Å². The molecule has 13 heavy (non-hydrogen) atoms. The summed E-state index contributed by atoms with van der Waals surface area (Å²) in [5.41, 5.74) is 0. The molecule has 0 N–H and O–H groups in total. The Labute approximate surface area is 78.3 Å². The zero-order valence-electron chi connectivity index (χ0n) is 8.11. The predicted molar refractivity (Wildman–Crippen MR) is 51.6 cm³/mol. The van der Waals surface area contributed by atoms with E-state index in [0.717, 1.165) is 19.3 Å². The van der Waals surface area contributed by atoms with Crippen molar-refractivity contribution < 1.29 is 12.9 Å². The molecular formula is C9H17BF3-. The summed E-state index contributed by atoms with van der Waals surface area (Å²) in [5.74, 6) is 0.389. The topological polar surface area (TPSA) is 0 Å². The summed E-state index contributed by atoms with van der Waals surface area (Å²) < 4.78 is 35.0. The van der Waals surface area contributed by atoms with Crippen LogP contribution in [0.2, 0.25) is 0 Å². The Kier molecular flexibility index (Phi) is 6.82. The van der Waals surface area contributed by atoms with Gasteiger partial charge in [-0.3, -0.25) is 0 Å². The molecular weight excluding hydrogens is 176 g/mol. The highest BCUT2D eigenvalue weighted by molar-refractivity contribution is 6.64. The van der Waals surface area contributed by atoms with Crippen molar-refractivity contribution in [3.63, 3.8) is 0 Å². The van der Waals surface area contributed by atoms with Crippen LogP contribution in [-0.4, -0.2) is 6.98 Å². The molecule has 0 radical (unpaired) electrons. The van der Waals surface area contributed by atoms with E-state index in [-0.39, 0.29) is 0 Å². The second-order valence-corrected chi connectivity index (χ2v) is 3.26. The third kappa shape index (κ3) is 11.6. The number of hydrogen-bond donors (Lipinski definition) is 0. The molecule has 0 saturated heterocycles. The minimum atomic E-state index is -4.71. The highest BCUT2D eigenvalue weighted by Gasteiger charge is 2.16. The van der Waals surface area contributed by atoms with Gasteiger partial charge >= 0.3 is 6.98 Å².